The molecule has 1 aromatic carbocycles. The van der Waals surface area contributed by atoms with Gasteiger partial charge in [-0.3, -0.25) is 14.8 Å². The Labute approximate surface area is 149 Å². The molecule has 0 aliphatic rings. The molecule has 0 saturated heterocycles. The van der Waals surface area contributed by atoms with Gasteiger partial charge in [-0.05, 0) is 25.1 Å². The molecule has 0 fully saturated rings. The predicted octanol–water partition coefficient (Wildman–Crippen LogP) is 2.59. The summed E-state index contributed by atoms with van der Waals surface area (Å²) in [6, 6.07) is 6.01. The Morgan fingerprint density at radius 3 is 2.46 bits per heavy atom. The van der Waals surface area contributed by atoms with Crippen LogP contribution in [0.5, 0.6) is 0 Å². The van der Waals surface area contributed by atoms with Crippen LogP contribution in [0.15, 0.2) is 24.3 Å². The molecule has 1 aromatic heterocycles. The third-order valence-corrected chi connectivity index (χ3v) is 3.86. The van der Waals surface area contributed by atoms with Crippen LogP contribution in [0.2, 0.25) is 10.0 Å². The molecule has 2 aromatic rings. The molecule has 0 atom stereocenters. The van der Waals surface area contributed by atoms with Crippen LogP contribution < -0.4 is 16.0 Å². The lowest BCUT2D eigenvalue weighted by molar-refractivity contribution is 0.0954. The molecular formula is C15H17Cl2N5O2. The fraction of sp³-hybridized carbons (Fsp3) is 0.267. The van der Waals surface area contributed by atoms with Gasteiger partial charge in [-0.25, -0.2) is 4.79 Å². The number of aromatic nitrogens is 2. The van der Waals surface area contributed by atoms with E-state index in [0.29, 0.717) is 21.4 Å². The molecule has 24 heavy (non-hydrogen) atoms. The topological polar surface area (TPSA) is 88.0 Å². The van der Waals surface area contributed by atoms with Crippen molar-refractivity contribution in [3.05, 3.63) is 45.6 Å². The molecule has 1 heterocycles. The summed E-state index contributed by atoms with van der Waals surface area (Å²) in [5.74, 6) is 0.294. The second-order valence-electron chi connectivity index (χ2n) is 5.06. The fourth-order valence-corrected chi connectivity index (χ4v) is 2.28. The summed E-state index contributed by atoms with van der Waals surface area (Å²) in [6.45, 7) is 2.38. The van der Waals surface area contributed by atoms with Gasteiger partial charge in [-0.1, -0.05) is 23.2 Å². The van der Waals surface area contributed by atoms with E-state index in [1.54, 1.807) is 29.9 Å². The number of amides is 3. The number of urea groups is 1. The van der Waals surface area contributed by atoms with Crippen LogP contribution in [0.1, 0.15) is 16.1 Å². The quantitative estimate of drug-likeness (QED) is 0.707. The third-order valence-electron chi connectivity index (χ3n) is 3.12. The highest BCUT2D eigenvalue weighted by molar-refractivity contribution is 6.42. The van der Waals surface area contributed by atoms with E-state index in [0.717, 1.165) is 5.69 Å². The summed E-state index contributed by atoms with van der Waals surface area (Å²) < 4.78 is 1.57. The zero-order chi connectivity index (χ0) is 17.7. The van der Waals surface area contributed by atoms with E-state index in [1.165, 1.54) is 6.07 Å². The Bertz CT molecular complexity index is 760. The monoisotopic (exact) mass is 369 g/mol. The molecule has 0 aliphatic carbocycles. The van der Waals surface area contributed by atoms with Gasteiger partial charge >= 0.3 is 6.03 Å². The number of carbonyl (C=O) groups excluding carboxylic acids is 2. The van der Waals surface area contributed by atoms with Gasteiger partial charge < -0.3 is 10.6 Å². The normalized spacial score (nSPS) is 10.3. The van der Waals surface area contributed by atoms with Crippen LogP contribution in [-0.2, 0) is 7.05 Å². The van der Waals surface area contributed by atoms with Gasteiger partial charge in [0, 0.05) is 31.8 Å². The fourth-order valence-electron chi connectivity index (χ4n) is 1.98. The van der Waals surface area contributed by atoms with E-state index in [4.69, 9.17) is 23.2 Å². The van der Waals surface area contributed by atoms with Crippen molar-refractivity contribution in [3.8, 4) is 0 Å². The molecule has 0 radical (unpaired) electrons. The summed E-state index contributed by atoms with van der Waals surface area (Å²) in [5, 5.41) is 12.8. The first kappa shape index (κ1) is 18.1. The van der Waals surface area contributed by atoms with Crippen molar-refractivity contribution >= 4 is 41.0 Å². The maximum absolute atomic E-state index is 11.9. The summed E-state index contributed by atoms with van der Waals surface area (Å²) in [7, 11) is 1.74. The molecule has 128 valence electrons. The van der Waals surface area contributed by atoms with Gasteiger partial charge in [-0.2, -0.15) is 5.10 Å². The molecule has 0 saturated carbocycles. The van der Waals surface area contributed by atoms with Crippen molar-refractivity contribution in [2.45, 2.75) is 6.92 Å². The third kappa shape index (κ3) is 4.87. The van der Waals surface area contributed by atoms with E-state index in [-0.39, 0.29) is 25.0 Å². The van der Waals surface area contributed by atoms with Gasteiger partial charge in [0.15, 0.2) is 0 Å². The van der Waals surface area contributed by atoms with Gasteiger partial charge in [0.05, 0.1) is 15.7 Å². The molecule has 0 unspecified atom stereocenters. The minimum Gasteiger partial charge on any atom is -0.350 e. The SMILES string of the molecule is Cc1cc(NC(=O)NCCNC(=O)c2ccc(Cl)c(Cl)c2)n(C)n1. The van der Waals surface area contributed by atoms with Gasteiger partial charge in [0.2, 0.25) is 0 Å². The number of carbonyl (C=O) groups is 2. The lowest BCUT2D eigenvalue weighted by Crippen LogP contribution is -2.37. The summed E-state index contributed by atoms with van der Waals surface area (Å²) in [4.78, 5) is 23.7. The Kier molecular flexibility index (Phi) is 6.05. The van der Waals surface area contributed by atoms with Gasteiger partial charge in [0.1, 0.15) is 5.82 Å². The summed E-state index contributed by atoms with van der Waals surface area (Å²) in [6.07, 6.45) is 0. The average molecular weight is 370 g/mol. The first-order valence-corrected chi connectivity index (χ1v) is 7.91. The Balaban J connectivity index is 1.74. The Morgan fingerprint density at radius 1 is 1.12 bits per heavy atom. The zero-order valence-corrected chi connectivity index (χ0v) is 14.7. The van der Waals surface area contributed by atoms with Crippen LogP contribution >= 0.6 is 23.2 Å². The lowest BCUT2D eigenvalue weighted by Gasteiger charge is -2.09. The molecule has 0 bridgehead atoms. The highest BCUT2D eigenvalue weighted by atomic mass is 35.5. The van der Waals surface area contributed by atoms with E-state index in [1.807, 2.05) is 6.92 Å². The number of hydrogen-bond donors (Lipinski definition) is 3. The lowest BCUT2D eigenvalue weighted by atomic mass is 10.2. The molecule has 0 aliphatic heterocycles. The van der Waals surface area contributed by atoms with E-state index < -0.39 is 0 Å². The van der Waals surface area contributed by atoms with Crippen molar-refractivity contribution in [2.75, 3.05) is 18.4 Å². The van der Waals surface area contributed by atoms with Gasteiger partial charge in [0.25, 0.3) is 5.91 Å². The molecule has 3 N–H and O–H groups in total. The smallest absolute Gasteiger partial charge is 0.320 e. The molecule has 2 rings (SSSR count). The van der Waals surface area contributed by atoms with Gasteiger partial charge in [-0.15, -0.1) is 0 Å². The van der Waals surface area contributed by atoms with Crippen LogP contribution in [-0.4, -0.2) is 34.8 Å². The zero-order valence-electron chi connectivity index (χ0n) is 13.2. The van der Waals surface area contributed by atoms with Crippen molar-refractivity contribution in [1.82, 2.24) is 20.4 Å². The number of nitrogens with zero attached hydrogens (tertiary/aromatic N) is 2. The molecule has 3 amide bonds. The molecule has 7 nitrogen and oxygen atoms in total. The summed E-state index contributed by atoms with van der Waals surface area (Å²) in [5.41, 5.74) is 1.21. The largest absolute Gasteiger partial charge is 0.350 e. The molecular weight excluding hydrogens is 353 g/mol. The summed E-state index contributed by atoms with van der Waals surface area (Å²) >= 11 is 11.7. The van der Waals surface area contributed by atoms with Crippen molar-refractivity contribution in [1.29, 1.82) is 0 Å². The average Bonchev–Trinajstić information content (AvgIpc) is 2.83. The second kappa shape index (κ2) is 8.03. The predicted molar refractivity (Wildman–Crippen MR) is 93.8 cm³/mol. The van der Waals surface area contributed by atoms with E-state index in [9.17, 15) is 9.59 Å². The van der Waals surface area contributed by atoms with Crippen molar-refractivity contribution in [3.63, 3.8) is 0 Å². The molecule has 9 heteroatoms. The maximum atomic E-state index is 11.9. The van der Waals surface area contributed by atoms with Crippen LogP contribution in [0.3, 0.4) is 0 Å². The number of rotatable bonds is 5. The van der Waals surface area contributed by atoms with Crippen molar-refractivity contribution < 1.29 is 9.59 Å². The first-order chi connectivity index (χ1) is 11.4. The highest BCUT2D eigenvalue weighted by Crippen LogP contribution is 2.22. The first-order valence-electron chi connectivity index (χ1n) is 7.15. The Morgan fingerprint density at radius 2 is 1.83 bits per heavy atom. The number of hydrogen-bond acceptors (Lipinski definition) is 3. The van der Waals surface area contributed by atoms with Crippen LogP contribution in [0.4, 0.5) is 10.6 Å². The number of aryl methyl sites for hydroxylation is 2. The van der Waals surface area contributed by atoms with Crippen LogP contribution in [0.25, 0.3) is 0 Å². The Hall–Kier alpha value is -2.25. The number of benzene rings is 1. The minimum atomic E-state index is -0.373. The van der Waals surface area contributed by atoms with E-state index in [2.05, 4.69) is 21.0 Å². The number of nitrogens with one attached hydrogen (secondary N) is 3. The maximum Gasteiger partial charge on any atom is 0.320 e. The second-order valence-corrected chi connectivity index (χ2v) is 5.87. The number of anilines is 1. The number of halogens is 2. The standard InChI is InChI=1S/C15H17Cl2N5O2/c1-9-7-13(22(2)21-9)20-15(24)19-6-5-18-14(23)10-3-4-11(16)12(17)8-10/h3-4,7-8H,5-6H2,1-2H3,(H,18,23)(H2,19,20,24). The highest BCUT2D eigenvalue weighted by Gasteiger charge is 2.09. The van der Waals surface area contributed by atoms with E-state index >= 15 is 0 Å². The van der Waals surface area contributed by atoms with Crippen molar-refractivity contribution in [2.24, 2.45) is 7.05 Å². The van der Waals surface area contributed by atoms with Crippen LogP contribution in [0, 0.1) is 6.92 Å². The molecule has 0 spiro atoms. The minimum absolute atomic E-state index is 0.274.